The van der Waals surface area contributed by atoms with Gasteiger partial charge in [0.2, 0.25) is 5.91 Å². The molecule has 0 unspecified atom stereocenters. The second-order valence-corrected chi connectivity index (χ2v) is 5.89. The topological polar surface area (TPSA) is 64.3 Å². The van der Waals surface area contributed by atoms with Gasteiger partial charge in [0.05, 0.1) is 6.42 Å². The zero-order valence-corrected chi connectivity index (χ0v) is 14.3. The lowest BCUT2D eigenvalue weighted by Crippen LogP contribution is -2.26. The number of aryl methyl sites for hydroxylation is 1. The quantitative estimate of drug-likeness (QED) is 0.696. The van der Waals surface area contributed by atoms with Crippen LogP contribution in [0.1, 0.15) is 29.5 Å². The molecule has 0 heterocycles. The maximum absolute atomic E-state index is 11.9. The van der Waals surface area contributed by atoms with Crippen LogP contribution in [0.25, 0.3) is 0 Å². The average Bonchev–Trinajstić information content (AvgIpc) is 2.58. The summed E-state index contributed by atoms with van der Waals surface area (Å²) in [5, 5.41) is 2.92. The minimum Gasteiger partial charge on any atom is -0.489 e. The van der Waals surface area contributed by atoms with E-state index in [1.807, 2.05) is 36.4 Å². The summed E-state index contributed by atoms with van der Waals surface area (Å²) in [4.78, 5) is 11.9. The van der Waals surface area contributed by atoms with Crippen LogP contribution in [0, 0.1) is 6.92 Å². The lowest BCUT2D eigenvalue weighted by molar-refractivity contribution is -0.120. The Balaban J connectivity index is 1.85. The Morgan fingerprint density at radius 3 is 2.75 bits per heavy atom. The number of unbranched alkanes of at least 4 members (excludes halogenated alkanes) is 1. The summed E-state index contributed by atoms with van der Waals surface area (Å²) in [6.07, 6.45) is 2.22. The lowest BCUT2D eigenvalue weighted by Gasteiger charge is -2.10. The van der Waals surface area contributed by atoms with Crippen molar-refractivity contribution in [3.8, 4) is 5.75 Å². The molecule has 1 amide bonds. The fourth-order valence-electron chi connectivity index (χ4n) is 2.42. The highest BCUT2D eigenvalue weighted by molar-refractivity contribution is 5.78. The Morgan fingerprint density at radius 1 is 1.12 bits per heavy atom. The predicted molar refractivity (Wildman–Crippen MR) is 97.0 cm³/mol. The van der Waals surface area contributed by atoms with E-state index in [0.29, 0.717) is 26.1 Å². The molecule has 0 atom stereocenters. The number of nitrogens with two attached hydrogens (primary N) is 1. The highest BCUT2D eigenvalue weighted by Crippen LogP contribution is 2.17. The van der Waals surface area contributed by atoms with Crippen LogP contribution in [-0.4, -0.2) is 19.0 Å². The Labute approximate surface area is 144 Å². The van der Waals surface area contributed by atoms with Crippen LogP contribution in [0.5, 0.6) is 5.75 Å². The van der Waals surface area contributed by atoms with Crippen LogP contribution < -0.4 is 15.8 Å². The second kappa shape index (κ2) is 9.73. The van der Waals surface area contributed by atoms with Crippen LogP contribution in [0.2, 0.25) is 0 Å². The van der Waals surface area contributed by atoms with E-state index in [1.165, 1.54) is 11.1 Å². The van der Waals surface area contributed by atoms with Crippen molar-refractivity contribution < 1.29 is 9.53 Å². The maximum Gasteiger partial charge on any atom is 0.224 e. The first-order chi connectivity index (χ1) is 11.7. The Kier molecular flexibility index (Phi) is 7.30. The van der Waals surface area contributed by atoms with Gasteiger partial charge in [0, 0.05) is 6.54 Å². The number of carbonyl (C=O) groups excluding carboxylic acids is 1. The first-order valence-electron chi connectivity index (χ1n) is 8.42. The summed E-state index contributed by atoms with van der Waals surface area (Å²) in [5.74, 6) is 0.815. The maximum atomic E-state index is 11.9. The minimum atomic E-state index is 0.0306. The van der Waals surface area contributed by atoms with E-state index < -0.39 is 0 Å². The van der Waals surface area contributed by atoms with Crippen LogP contribution in [0.4, 0.5) is 0 Å². The average molecular weight is 326 g/mol. The number of benzene rings is 2. The van der Waals surface area contributed by atoms with Crippen molar-refractivity contribution in [1.82, 2.24) is 5.32 Å². The molecule has 0 saturated carbocycles. The number of amides is 1. The summed E-state index contributed by atoms with van der Waals surface area (Å²) in [6.45, 7) is 3.95. The molecular formula is C20H26N2O2. The van der Waals surface area contributed by atoms with Gasteiger partial charge in [-0.15, -0.1) is 0 Å². The van der Waals surface area contributed by atoms with E-state index in [-0.39, 0.29) is 5.91 Å². The van der Waals surface area contributed by atoms with Gasteiger partial charge >= 0.3 is 0 Å². The standard InChI is InChI=1S/C20H26N2O2/c1-16-7-2-3-9-18(16)15-24-19-10-6-8-17(13-19)14-20(23)22-12-5-4-11-21/h2-3,6-10,13H,4-5,11-12,14-15,21H2,1H3,(H,22,23). The number of hydrogen-bond donors (Lipinski definition) is 2. The molecule has 0 aliphatic heterocycles. The van der Waals surface area contributed by atoms with Crippen molar-refractivity contribution in [3.63, 3.8) is 0 Å². The Hall–Kier alpha value is -2.33. The molecule has 24 heavy (non-hydrogen) atoms. The van der Waals surface area contributed by atoms with Crippen molar-refractivity contribution in [1.29, 1.82) is 0 Å². The monoisotopic (exact) mass is 326 g/mol. The number of rotatable bonds is 9. The number of carbonyl (C=O) groups is 1. The van der Waals surface area contributed by atoms with Gasteiger partial charge in [0.25, 0.3) is 0 Å². The van der Waals surface area contributed by atoms with Crippen LogP contribution in [0.15, 0.2) is 48.5 Å². The summed E-state index contributed by atoms with van der Waals surface area (Å²) in [5.41, 5.74) is 8.77. The molecule has 0 aromatic heterocycles. The Bertz CT molecular complexity index is 656. The van der Waals surface area contributed by atoms with Gasteiger partial charge in [-0.3, -0.25) is 4.79 Å². The number of nitrogens with one attached hydrogen (secondary N) is 1. The normalized spacial score (nSPS) is 10.4. The molecule has 0 aliphatic rings. The van der Waals surface area contributed by atoms with Crippen LogP contribution >= 0.6 is 0 Å². The molecular weight excluding hydrogens is 300 g/mol. The van der Waals surface area contributed by atoms with E-state index in [1.54, 1.807) is 0 Å². The van der Waals surface area contributed by atoms with E-state index in [2.05, 4.69) is 24.4 Å². The first-order valence-corrected chi connectivity index (χ1v) is 8.42. The number of ether oxygens (including phenoxy) is 1. The third-order valence-electron chi connectivity index (χ3n) is 3.87. The zero-order valence-electron chi connectivity index (χ0n) is 14.3. The molecule has 3 N–H and O–H groups in total. The Morgan fingerprint density at radius 2 is 1.96 bits per heavy atom. The van der Waals surface area contributed by atoms with Gasteiger partial charge in [-0.25, -0.2) is 0 Å². The highest BCUT2D eigenvalue weighted by Gasteiger charge is 2.05. The summed E-state index contributed by atoms with van der Waals surface area (Å²) >= 11 is 0. The first kappa shape index (κ1) is 18.0. The summed E-state index contributed by atoms with van der Waals surface area (Å²) in [6, 6.07) is 15.9. The molecule has 0 spiro atoms. The van der Waals surface area contributed by atoms with Gasteiger partial charge in [0.1, 0.15) is 12.4 Å². The zero-order chi connectivity index (χ0) is 17.2. The third kappa shape index (κ3) is 6.05. The summed E-state index contributed by atoms with van der Waals surface area (Å²) in [7, 11) is 0. The van der Waals surface area contributed by atoms with E-state index in [0.717, 1.165) is 24.2 Å². The molecule has 0 aliphatic carbocycles. The molecule has 2 rings (SSSR count). The molecule has 2 aromatic rings. The van der Waals surface area contributed by atoms with Crippen LogP contribution in [0.3, 0.4) is 0 Å². The van der Waals surface area contributed by atoms with Gasteiger partial charge in [0.15, 0.2) is 0 Å². The minimum absolute atomic E-state index is 0.0306. The lowest BCUT2D eigenvalue weighted by atomic mass is 10.1. The van der Waals surface area contributed by atoms with Crippen molar-refractivity contribution in [2.45, 2.75) is 32.8 Å². The predicted octanol–water partition coefficient (Wildman–Crippen LogP) is 2.97. The molecule has 0 saturated heterocycles. The number of hydrogen-bond acceptors (Lipinski definition) is 3. The van der Waals surface area contributed by atoms with Gasteiger partial charge in [-0.1, -0.05) is 36.4 Å². The second-order valence-electron chi connectivity index (χ2n) is 5.89. The molecule has 2 aromatic carbocycles. The van der Waals surface area contributed by atoms with E-state index >= 15 is 0 Å². The highest BCUT2D eigenvalue weighted by atomic mass is 16.5. The molecule has 0 fully saturated rings. The molecule has 128 valence electrons. The largest absolute Gasteiger partial charge is 0.489 e. The van der Waals surface area contributed by atoms with Gasteiger partial charge in [-0.2, -0.15) is 0 Å². The van der Waals surface area contributed by atoms with Crippen molar-refractivity contribution in [2.75, 3.05) is 13.1 Å². The fourth-order valence-corrected chi connectivity index (χ4v) is 2.42. The SMILES string of the molecule is Cc1ccccc1COc1cccc(CC(=O)NCCCCN)c1. The fraction of sp³-hybridized carbons (Fsp3) is 0.350. The molecule has 0 radical (unpaired) electrons. The van der Waals surface area contributed by atoms with E-state index in [9.17, 15) is 4.79 Å². The molecule has 4 nitrogen and oxygen atoms in total. The van der Waals surface area contributed by atoms with Crippen molar-refractivity contribution in [2.24, 2.45) is 5.73 Å². The molecule has 4 heteroatoms. The smallest absolute Gasteiger partial charge is 0.224 e. The van der Waals surface area contributed by atoms with Gasteiger partial charge < -0.3 is 15.8 Å². The van der Waals surface area contributed by atoms with Crippen molar-refractivity contribution >= 4 is 5.91 Å². The van der Waals surface area contributed by atoms with Gasteiger partial charge in [-0.05, 0) is 55.1 Å². The summed E-state index contributed by atoms with van der Waals surface area (Å²) < 4.78 is 5.86. The molecule has 0 bridgehead atoms. The van der Waals surface area contributed by atoms with E-state index in [4.69, 9.17) is 10.5 Å². The van der Waals surface area contributed by atoms with Crippen molar-refractivity contribution in [3.05, 3.63) is 65.2 Å². The third-order valence-corrected chi connectivity index (χ3v) is 3.87. The van der Waals surface area contributed by atoms with Crippen LogP contribution in [-0.2, 0) is 17.8 Å².